The lowest BCUT2D eigenvalue weighted by atomic mass is 9.33. The van der Waals surface area contributed by atoms with Gasteiger partial charge in [0.25, 0.3) is 0 Å². The first-order valence-electron chi connectivity index (χ1n) is 24.2. The Hall–Kier alpha value is -2.00. The highest BCUT2D eigenvalue weighted by Crippen LogP contribution is 2.76. The highest BCUT2D eigenvalue weighted by atomic mass is 16.8. The van der Waals surface area contributed by atoms with Crippen molar-refractivity contribution >= 4 is 11.9 Å². The summed E-state index contributed by atoms with van der Waals surface area (Å²) < 4.78 is 34.9. The van der Waals surface area contributed by atoms with E-state index in [-0.39, 0.29) is 37.5 Å². The molecule has 21 heteroatoms. The summed E-state index contributed by atoms with van der Waals surface area (Å²) in [5.74, 6) is -2.60. The average Bonchev–Trinajstić information content (AvgIpc) is 3.29. The number of aliphatic carboxylic acids is 2. The van der Waals surface area contributed by atoms with E-state index in [1.165, 1.54) is 0 Å². The van der Waals surface area contributed by atoms with E-state index in [1.807, 2.05) is 6.92 Å². The predicted octanol–water partition coefficient (Wildman–Crippen LogP) is -1.65. The van der Waals surface area contributed by atoms with Crippen LogP contribution >= 0.6 is 0 Å². The first-order valence-corrected chi connectivity index (χ1v) is 24.2. The first-order chi connectivity index (χ1) is 31.8. The van der Waals surface area contributed by atoms with Gasteiger partial charge < -0.3 is 94.8 Å². The van der Waals surface area contributed by atoms with Gasteiger partial charge in [0.2, 0.25) is 0 Å². The summed E-state index contributed by atoms with van der Waals surface area (Å²) in [6, 6.07) is 0. The number of fused-ring (bicyclic) bond motifs is 7. The standard InChI is InChI=1S/C47H74O21/c1-42(40(59)60)10-12-47(41(61)62)13-11-45(4)20(21(47)14-42)6-7-27-43(2)15-22(51)36(44(3,19-50)26(43)8-9-46(27,45)5)68-39-34(58)35(30(54)24(17-49)65-39)67-37-32(56)29(53)25(18-63-37)66-38-33(57)31(55)28(52)23(16-48)64-38/h6,21-39,48-58H,7-19H2,1-5H3,(H,59,60)(H,61,62). The fourth-order valence-corrected chi connectivity index (χ4v) is 15.0. The van der Waals surface area contributed by atoms with Gasteiger partial charge in [0.15, 0.2) is 18.9 Å². The number of hydrogen-bond donors (Lipinski definition) is 13. The Morgan fingerprint density at radius 1 is 0.662 bits per heavy atom. The second-order valence-electron chi connectivity index (χ2n) is 22.7. The van der Waals surface area contributed by atoms with Gasteiger partial charge in [-0.05, 0) is 98.7 Å². The zero-order valence-corrected chi connectivity index (χ0v) is 39.3. The van der Waals surface area contributed by atoms with Crippen molar-refractivity contribution < 1.29 is 104 Å². The topological polar surface area (TPSA) is 353 Å². The van der Waals surface area contributed by atoms with E-state index in [0.29, 0.717) is 32.1 Å². The molecule has 68 heavy (non-hydrogen) atoms. The maximum absolute atomic E-state index is 13.1. The Labute approximate surface area is 394 Å². The monoisotopic (exact) mass is 974 g/mol. The molecular formula is C47H74O21. The minimum Gasteiger partial charge on any atom is -0.481 e. The summed E-state index contributed by atoms with van der Waals surface area (Å²) in [5, 5.41) is 141. The number of carboxylic acids is 2. The molecule has 25 atom stereocenters. The molecule has 0 bridgehead atoms. The maximum atomic E-state index is 13.1. The molecule has 13 N–H and O–H groups in total. The molecule has 8 rings (SSSR count). The van der Waals surface area contributed by atoms with E-state index in [4.69, 9.17) is 28.4 Å². The van der Waals surface area contributed by atoms with Crippen molar-refractivity contribution in [2.45, 2.75) is 191 Å². The van der Waals surface area contributed by atoms with Crippen LogP contribution < -0.4 is 0 Å². The molecule has 0 amide bonds. The third kappa shape index (κ3) is 7.84. The number of ether oxygens (including phenoxy) is 6. The van der Waals surface area contributed by atoms with E-state index in [9.17, 15) is 76.0 Å². The molecule has 21 nitrogen and oxygen atoms in total. The number of carboxylic acid groups (broad SMARTS) is 2. The van der Waals surface area contributed by atoms with Crippen molar-refractivity contribution in [1.82, 2.24) is 0 Å². The van der Waals surface area contributed by atoms with Gasteiger partial charge in [0.05, 0.1) is 49.5 Å². The van der Waals surface area contributed by atoms with Crippen LogP contribution in [0.2, 0.25) is 0 Å². The lowest BCUT2D eigenvalue weighted by Crippen LogP contribution is -2.70. The van der Waals surface area contributed by atoms with Crippen molar-refractivity contribution in [3.8, 4) is 0 Å². The number of aliphatic hydroxyl groups is 11. The van der Waals surface area contributed by atoms with E-state index in [1.54, 1.807) is 6.92 Å². The molecule has 0 aromatic rings. The van der Waals surface area contributed by atoms with Crippen molar-refractivity contribution in [3.63, 3.8) is 0 Å². The summed E-state index contributed by atoms with van der Waals surface area (Å²) in [7, 11) is 0. The molecule has 3 aliphatic heterocycles. The molecule has 0 aromatic carbocycles. The van der Waals surface area contributed by atoms with Gasteiger partial charge in [0, 0.05) is 5.41 Å². The van der Waals surface area contributed by atoms with Gasteiger partial charge in [0.1, 0.15) is 67.1 Å². The second-order valence-corrected chi connectivity index (χ2v) is 22.7. The normalized spacial score (nSPS) is 54.9. The zero-order valence-electron chi connectivity index (χ0n) is 39.3. The largest absolute Gasteiger partial charge is 0.481 e. The quantitative estimate of drug-likeness (QED) is 0.0815. The molecule has 0 spiro atoms. The Balaban J connectivity index is 0.996. The summed E-state index contributed by atoms with van der Waals surface area (Å²) in [4.78, 5) is 25.7. The smallest absolute Gasteiger partial charge is 0.310 e. The molecule has 3 saturated heterocycles. The summed E-state index contributed by atoms with van der Waals surface area (Å²) in [6.07, 6.45) is -20.0. The van der Waals surface area contributed by atoms with E-state index >= 15 is 0 Å². The van der Waals surface area contributed by atoms with Crippen LogP contribution in [0.5, 0.6) is 0 Å². The lowest BCUT2D eigenvalue weighted by molar-refractivity contribution is -0.376. The highest BCUT2D eigenvalue weighted by Gasteiger charge is 2.72. The Morgan fingerprint density at radius 3 is 1.90 bits per heavy atom. The highest BCUT2D eigenvalue weighted by molar-refractivity contribution is 5.79. The van der Waals surface area contributed by atoms with Crippen molar-refractivity contribution in [2.75, 3.05) is 26.4 Å². The number of aliphatic hydroxyl groups excluding tert-OH is 11. The molecule has 3 heterocycles. The number of hydrogen-bond acceptors (Lipinski definition) is 19. The third-order valence-corrected chi connectivity index (χ3v) is 19.4. The summed E-state index contributed by atoms with van der Waals surface area (Å²) in [6.45, 7) is 7.60. The number of allylic oxidation sites excluding steroid dienone is 2. The van der Waals surface area contributed by atoms with Gasteiger partial charge >= 0.3 is 11.9 Å². The van der Waals surface area contributed by atoms with Crippen LogP contribution in [0.4, 0.5) is 0 Å². The first kappa shape index (κ1) is 52.3. The van der Waals surface area contributed by atoms with Gasteiger partial charge in [-0.2, -0.15) is 0 Å². The van der Waals surface area contributed by atoms with Crippen molar-refractivity contribution in [2.24, 2.45) is 50.2 Å². The molecule has 4 saturated carbocycles. The second kappa shape index (κ2) is 18.5. The van der Waals surface area contributed by atoms with E-state index in [0.717, 1.165) is 5.57 Å². The van der Waals surface area contributed by atoms with Gasteiger partial charge in [-0.25, -0.2) is 0 Å². The predicted molar refractivity (Wildman–Crippen MR) is 229 cm³/mol. The molecule has 388 valence electrons. The van der Waals surface area contributed by atoms with Crippen LogP contribution in [0.25, 0.3) is 0 Å². The Bertz CT molecular complexity index is 1900. The third-order valence-electron chi connectivity index (χ3n) is 19.4. The minimum absolute atomic E-state index is 0.0570. The van der Waals surface area contributed by atoms with Crippen molar-refractivity contribution in [1.29, 1.82) is 0 Å². The summed E-state index contributed by atoms with van der Waals surface area (Å²) in [5.41, 5.74) is -3.78. The number of rotatable bonds is 11. The van der Waals surface area contributed by atoms with Crippen LogP contribution in [0, 0.1) is 50.2 Å². The number of carbonyl (C=O) groups is 2. The fourth-order valence-electron chi connectivity index (χ4n) is 15.0. The fraction of sp³-hybridized carbons (Fsp3) is 0.915. The maximum Gasteiger partial charge on any atom is 0.310 e. The lowest BCUT2D eigenvalue weighted by Gasteiger charge is -2.71. The molecule has 25 unspecified atom stereocenters. The molecule has 0 radical (unpaired) electrons. The molecular weight excluding hydrogens is 900 g/mol. The molecule has 8 aliphatic rings. The molecule has 7 fully saturated rings. The zero-order chi connectivity index (χ0) is 49.8. The van der Waals surface area contributed by atoms with Crippen LogP contribution in [-0.2, 0) is 38.0 Å². The Morgan fingerprint density at radius 2 is 1.28 bits per heavy atom. The van der Waals surface area contributed by atoms with Crippen LogP contribution in [-0.4, -0.2) is 203 Å². The van der Waals surface area contributed by atoms with Crippen LogP contribution in [0.15, 0.2) is 11.6 Å². The van der Waals surface area contributed by atoms with E-state index in [2.05, 4.69) is 26.8 Å². The van der Waals surface area contributed by atoms with Crippen molar-refractivity contribution in [3.05, 3.63) is 11.6 Å². The van der Waals surface area contributed by atoms with Gasteiger partial charge in [-0.15, -0.1) is 0 Å². The molecule has 0 aromatic heterocycles. The average molecular weight is 975 g/mol. The van der Waals surface area contributed by atoms with Crippen LogP contribution in [0.3, 0.4) is 0 Å². The van der Waals surface area contributed by atoms with Gasteiger partial charge in [-0.3, -0.25) is 9.59 Å². The molecule has 5 aliphatic carbocycles. The Kier molecular flexibility index (Phi) is 14.2. The SMILES string of the molecule is CC1(C(=O)O)CCC2(C(=O)O)CCC3(C)C(=CCC4C5(C)CC(O)C(OC6OC(CO)C(O)C(OC7OCC(OC8OC(CO)C(O)C(O)C8O)C(O)C7O)C6O)C(C)(CO)C5CCC43C)C2C1. The van der Waals surface area contributed by atoms with E-state index < -0.39 is 175 Å². The minimum atomic E-state index is -1.92. The van der Waals surface area contributed by atoms with Crippen LogP contribution in [0.1, 0.15) is 92.4 Å². The summed E-state index contributed by atoms with van der Waals surface area (Å²) >= 11 is 0. The van der Waals surface area contributed by atoms with Gasteiger partial charge in [-0.1, -0.05) is 39.3 Å².